The van der Waals surface area contributed by atoms with Crippen molar-refractivity contribution in [3.05, 3.63) is 29.8 Å². The van der Waals surface area contributed by atoms with E-state index in [0.717, 1.165) is 18.8 Å². The highest BCUT2D eigenvalue weighted by molar-refractivity contribution is 5.80. The van der Waals surface area contributed by atoms with E-state index in [0.29, 0.717) is 13.2 Å². The van der Waals surface area contributed by atoms with Crippen molar-refractivity contribution in [3.8, 4) is 5.75 Å². The van der Waals surface area contributed by atoms with Crippen molar-refractivity contribution in [1.82, 2.24) is 10.2 Å². The maximum Gasteiger partial charge on any atom is 0.250 e. The normalized spacial score (nSPS) is 20.0. The first-order chi connectivity index (χ1) is 9.22. The second-order valence-electron chi connectivity index (χ2n) is 4.56. The number of benzene rings is 1. The van der Waals surface area contributed by atoms with Crippen molar-refractivity contribution in [3.63, 3.8) is 0 Å². The molecule has 1 amide bonds. The van der Waals surface area contributed by atoms with Gasteiger partial charge in [0.1, 0.15) is 11.9 Å². The summed E-state index contributed by atoms with van der Waals surface area (Å²) >= 11 is 0. The number of nitrogens with one attached hydrogen (secondary N) is 1. The van der Waals surface area contributed by atoms with Crippen LogP contribution in [0.25, 0.3) is 0 Å². The zero-order valence-corrected chi connectivity index (χ0v) is 11.4. The molecule has 1 aromatic rings. The van der Waals surface area contributed by atoms with Crippen LogP contribution in [0.2, 0.25) is 0 Å². The van der Waals surface area contributed by atoms with Gasteiger partial charge < -0.3 is 14.8 Å². The number of likely N-dealkylation sites (N-methyl/N-ethyl adjacent to an activating group) is 1. The van der Waals surface area contributed by atoms with Crippen LogP contribution in [0.4, 0.5) is 0 Å². The zero-order valence-electron chi connectivity index (χ0n) is 11.4. The fourth-order valence-electron chi connectivity index (χ4n) is 2.19. The van der Waals surface area contributed by atoms with E-state index >= 15 is 0 Å². The molecule has 0 saturated carbocycles. The monoisotopic (exact) mass is 264 g/mol. The molecule has 0 radical (unpaired) electrons. The zero-order chi connectivity index (χ0) is 13.7. The molecule has 5 heteroatoms. The number of methoxy groups -OCH3 is 1. The molecule has 1 fully saturated rings. The Morgan fingerprint density at radius 2 is 2.42 bits per heavy atom. The molecular formula is C14H20N2O3. The van der Waals surface area contributed by atoms with Crippen LogP contribution in [-0.2, 0) is 16.1 Å². The molecule has 5 nitrogen and oxygen atoms in total. The predicted molar refractivity (Wildman–Crippen MR) is 72.1 cm³/mol. The van der Waals surface area contributed by atoms with Gasteiger partial charge >= 0.3 is 0 Å². The highest BCUT2D eigenvalue weighted by Gasteiger charge is 2.25. The molecule has 1 aromatic carbocycles. The average Bonchev–Trinajstić information content (AvgIpc) is 2.47. The Hall–Kier alpha value is -1.59. The number of hydrogen-bond acceptors (Lipinski definition) is 4. The summed E-state index contributed by atoms with van der Waals surface area (Å²) in [6.45, 7) is 2.84. The summed E-state index contributed by atoms with van der Waals surface area (Å²) < 4.78 is 10.7. The van der Waals surface area contributed by atoms with Crippen molar-refractivity contribution in [2.45, 2.75) is 12.6 Å². The minimum absolute atomic E-state index is 0.0599. The van der Waals surface area contributed by atoms with Gasteiger partial charge in [-0.05, 0) is 17.7 Å². The van der Waals surface area contributed by atoms with E-state index in [1.165, 1.54) is 5.56 Å². The van der Waals surface area contributed by atoms with E-state index in [1.54, 1.807) is 14.2 Å². The van der Waals surface area contributed by atoms with Gasteiger partial charge in [-0.1, -0.05) is 12.1 Å². The first-order valence-electron chi connectivity index (χ1n) is 6.41. The van der Waals surface area contributed by atoms with Gasteiger partial charge in [-0.3, -0.25) is 9.69 Å². The fraction of sp³-hybridized carbons (Fsp3) is 0.500. The first-order valence-corrected chi connectivity index (χ1v) is 6.41. The highest BCUT2D eigenvalue weighted by Crippen LogP contribution is 2.16. The first kappa shape index (κ1) is 13.8. The van der Waals surface area contributed by atoms with Crippen LogP contribution in [0.3, 0.4) is 0 Å². The fourth-order valence-corrected chi connectivity index (χ4v) is 2.19. The molecule has 0 spiro atoms. The molecule has 0 aromatic heterocycles. The minimum Gasteiger partial charge on any atom is -0.497 e. The SMILES string of the molecule is CNC(=O)C1CN(Cc2cccc(OC)c2)CCO1. The second-order valence-corrected chi connectivity index (χ2v) is 4.56. The van der Waals surface area contributed by atoms with Gasteiger partial charge in [0, 0.05) is 26.7 Å². The van der Waals surface area contributed by atoms with Crippen LogP contribution < -0.4 is 10.1 Å². The van der Waals surface area contributed by atoms with Crippen LogP contribution in [0.1, 0.15) is 5.56 Å². The Balaban J connectivity index is 1.96. The summed E-state index contributed by atoms with van der Waals surface area (Å²) in [6.07, 6.45) is -0.371. The van der Waals surface area contributed by atoms with Crippen LogP contribution >= 0.6 is 0 Å². The molecule has 1 heterocycles. The lowest BCUT2D eigenvalue weighted by Gasteiger charge is -2.31. The molecule has 104 valence electrons. The van der Waals surface area contributed by atoms with Crippen molar-refractivity contribution >= 4 is 5.91 Å². The minimum atomic E-state index is -0.371. The van der Waals surface area contributed by atoms with E-state index in [2.05, 4.69) is 16.3 Å². The molecule has 2 rings (SSSR count). The van der Waals surface area contributed by atoms with Crippen molar-refractivity contribution < 1.29 is 14.3 Å². The standard InChI is InChI=1S/C14H20N2O3/c1-15-14(17)13-10-16(6-7-19-13)9-11-4-3-5-12(8-11)18-2/h3-5,8,13H,6-7,9-10H2,1-2H3,(H,15,17). The number of carbonyl (C=O) groups excluding carboxylic acids is 1. The predicted octanol–water partition coefficient (Wildman–Crippen LogP) is 0.642. The van der Waals surface area contributed by atoms with E-state index in [-0.39, 0.29) is 12.0 Å². The summed E-state index contributed by atoms with van der Waals surface area (Å²) in [5, 5.41) is 2.63. The summed E-state index contributed by atoms with van der Waals surface area (Å²) in [7, 11) is 3.29. The van der Waals surface area contributed by atoms with Gasteiger partial charge in [-0.15, -0.1) is 0 Å². The van der Waals surface area contributed by atoms with Crippen LogP contribution in [0, 0.1) is 0 Å². The van der Waals surface area contributed by atoms with Crippen molar-refractivity contribution in [2.24, 2.45) is 0 Å². The number of amides is 1. The number of ether oxygens (including phenoxy) is 2. The molecule has 0 bridgehead atoms. The average molecular weight is 264 g/mol. The third kappa shape index (κ3) is 3.68. The van der Waals surface area contributed by atoms with Crippen LogP contribution in [0.15, 0.2) is 24.3 Å². The number of carbonyl (C=O) groups is 1. The van der Waals surface area contributed by atoms with E-state index in [9.17, 15) is 4.79 Å². The van der Waals surface area contributed by atoms with Gasteiger partial charge in [0.2, 0.25) is 5.91 Å². The lowest BCUT2D eigenvalue weighted by molar-refractivity contribution is -0.138. The van der Waals surface area contributed by atoms with Crippen LogP contribution in [-0.4, -0.2) is 50.8 Å². The molecule has 19 heavy (non-hydrogen) atoms. The van der Waals surface area contributed by atoms with E-state index in [1.807, 2.05) is 18.2 Å². The second kappa shape index (κ2) is 6.54. The lowest BCUT2D eigenvalue weighted by atomic mass is 10.1. The topological polar surface area (TPSA) is 50.8 Å². The maximum atomic E-state index is 11.6. The Kier molecular flexibility index (Phi) is 4.76. The smallest absolute Gasteiger partial charge is 0.250 e. The maximum absolute atomic E-state index is 11.6. The van der Waals surface area contributed by atoms with E-state index in [4.69, 9.17) is 9.47 Å². The highest BCUT2D eigenvalue weighted by atomic mass is 16.5. The lowest BCUT2D eigenvalue weighted by Crippen LogP contribution is -2.48. The van der Waals surface area contributed by atoms with Crippen molar-refractivity contribution in [1.29, 1.82) is 0 Å². The summed E-state index contributed by atoms with van der Waals surface area (Å²) in [5.74, 6) is 0.795. The van der Waals surface area contributed by atoms with Gasteiger partial charge in [0.25, 0.3) is 0 Å². The number of rotatable bonds is 4. The third-order valence-corrected chi connectivity index (χ3v) is 3.23. The molecular weight excluding hydrogens is 244 g/mol. The van der Waals surface area contributed by atoms with Gasteiger partial charge in [0.15, 0.2) is 0 Å². The Morgan fingerprint density at radius 3 is 3.16 bits per heavy atom. The molecule has 1 unspecified atom stereocenters. The Labute approximate surface area is 113 Å². The summed E-state index contributed by atoms with van der Waals surface area (Å²) in [5.41, 5.74) is 1.18. The molecule has 0 aliphatic carbocycles. The summed E-state index contributed by atoms with van der Waals surface area (Å²) in [6, 6.07) is 7.98. The van der Waals surface area contributed by atoms with Crippen molar-refractivity contribution in [2.75, 3.05) is 33.9 Å². The number of morpholine rings is 1. The Morgan fingerprint density at radius 1 is 1.58 bits per heavy atom. The molecule has 1 saturated heterocycles. The molecule has 1 atom stereocenters. The van der Waals surface area contributed by atoms with Gasteiger partial charge in [-0.25, -0.2) is 0 Å². The quantitative estimate of drug-likeness (QED) is 0.867. The molecule has 1 aliphatic heterocycles. The van der Waals surface area contributed by atoms with Gasteiger partial charge in [0.05, 0.1) is 13.7 Å². The third-order valence-electron chi connectivity index (χ3n) is 3.23. The largest absolute Gasteiger partial charge is 0.497 e. The van der Waals surface area contributed by atoms with Gasteiger partial charge in [-0.2, -0.15) is 0 Å². The number of nitrogens with zero attached hydrogens (tertiary/aromatic N) is 1. The number of hydrogen-bond donors (Lipinski definition) is 1. The van der Waals surface area contributed by atoms with Crippen LogP contribution in [0.5, 0.6) is 5.75 Å². The molecule has 1 aliphatic rings. The molecule has 1 N–H and O–H groups in total. The summed E-state index contributed by atoms with van der Waals surface area (Å²) in [4.78, 5) is 13.8. The van der Waals surface area contributed by atoms with E-state index < -0.39 is 0 Å². The Bertz CT molecular complexity index is 436.